The van der Waals surface area contributed by atoms with E-state index in [-0.39, 0.29) is 6.04 Å². The van der Waals surface area contributed by atoms with E-state index in [1.165, 1.54) is 6.07 Å². The van der Waals surface area contributed by atoms with Crippen LogP contribution in [0.1, 0.15) is 30.4 Å². The molecule has 0 saturated heterocycles. The average molecular weight is 294 g/mol. The Balaban J connectivity index is 2.38. The van der Waals surface area contributed by atoms with Crippen LogP contribution < -0.4 is 0 Å². The monoisotopic (exact) mass is 294 g/mol. The maximum Gasteiger partial charge on any atom is 0.492 e. The van der Waals surface area contributed by atoms with Gasteiger partial charge < -0.3 is 14.4 Å². The van der Waals surface area contributed by atoms with Crippen LogP contribution in [-0.2, 0) is 12.6 Å². The predicted molar refractivity (Wildman–Crippen MR) is 66.2 cm³/mol. The number of alkyl halides is 3. The van der Waals surface area contributed by atoms with Gasteiger partial charge in [-0.1, -0.05) is 24.6 Å². The molecule has 3 nitrogen and oxygen atoms in total. The Morgan fingerprint density at radius 2 is 1.68 bits per heavy atom. The standard InChI is InChI=1S/C12H17F3O3Si/c13-12(14,15)11-7-4-6-10(9-11)5-2-1-3-8-19(16,17)18/h4,6-7,9,16-18H,1-3,5,8H2. The normalized spacial score (nSPS) is 12.7. The summed E-state index contributed by atoms with van der Waals surface area (Å²) in [4.78, 5) is 26.4. The van der Waals surface area contributed by atoms with E-state index in [0.29, 0.717) is 31.2 Å². The highest BCUT2D eigenvalue weighted by Crippen LogP contribution is 2.29. The van der Waals surface area contributed by atoms with Gasteiger partial charge in [-0.15, -0.1) is 0 Å². The summed E-state index contributed by atoms with van der Waals surface area (Å²) in [6.45, 7) is 0. The van der Waals surface area contributed by atoms with E-state index in [4.69, 9.17) is 14.4 Å². The van der Waals surface area contributed by atoms with Crippen molar-refractivity contribution in [1.82, 2.24) is 0 Å². The van der Waals surface area contributed by atoms with Gasteiger partial charge in [0.05, 0.1) is 5.56 Å². The fourth-order valence-corrected chi connectivity index (χ4v) is 2.50. The van der Waals surface area contributed by atoms with Crippen molar-refractivity contribution in [1.29, 1.82) is 0 Å². The second kappa shape index (κ2) is 6.51. The number of rotatable bonds is 6. The number of unbranched alkanes of at least 4 members (excludes halogenated alkanes) is 2. The highest BCUT2D eigenvalue weighted by molar-refractivity contribution is 6.56. The minimum atomic E-state index is -4.33. The molecule has 0 fully saturated rings. The van der Waals surface area contributed by atoms with E-state index >= 15 is 0 Å². The molecule has 19 heavy (non-hydrogen) atoms. The zero-order chi connectivity index (χ0) is 14.5. The van der Waals surface area contributed by atoms with E-state index in [9.17, 15) is 13.2 Å². The van der Waals surface area contributed by atoms with E-state index < -0.39 is 20.5 Å². The lowest BCUT2D eigenvalue weighted by atomic mass is 10.0. The topological polar surface area (TPSA) is 60.7 Å². The largest absolute Gasteiger partial charge is 0.492 e. The zero-order valence-corrected chi connectivity index (χ0v) is 11.3. The summed E-state index contributed by atoms with van der Waals surface area (Å²) in [6.07, 6.45) is -2.10. The second-order valence-electron chi connectivity index (χ2n) is 4.53. The first-order valence-electron chi connectivity index (χ1n) is 6.02. The molecule has 7 heteroatoms. The van der Waals surface area contributed by atoms with Gasteiger partial charge in [-0.05, 0) is 30.9 Å². The van der Waals surface area contributed by atoms with E-state index in [2.05, 4.69) is 0 Å². The van der Waals surface area contributed by atoms with Gasteiger partial charge in [0.15, 0.2) is 0 Å². The summed E-state index contributed by atoms with van der Waals surface area (Å²) in [7, 11) is -3.97. The highest BCUT2D eigenvalue weighted by atomic mass is 28.4. The summed E-state index contributed by atoms with van der Waals surface area (Å²) in [5, 5.41) is 0. The van der Waals surface area contributed by atoms with Gasteiger partial charge in [-0.25, -0.2) is 0 Å². The van der Waals surface area contributed by atoms with Crippen molar-refractivity contribution in [3.05, 3.63) is 35.4 Å². The van der Waals surface area contributed by atoms with Crippen molar-refractivity contribution in [2.75, 3.05) is 0 Å². The summed E-state index contributed by atoms with van der Waals surface area (Å²) in [6, 6.07) is 5.15. The first-order chi connectivity index (χ1) is 8.68. The van der Waals surface area contributed by atoms with Crippen LogP contribution in [0.2, 0.25) is 6.04 Å². The number of hydrogen-bond acceptors (Lipinski definition) is 3. The number of aryl methyl sites for hydroxylation is 1. The molecular weight excluding hydrogens is 277 g/mol. The van der Waals surface area contributed by atoms with Crippen LogP contribution in [0.5, 0.6) is 0 Å². The van der Waals surface area contributed by atoms with E-state index in [1.54, 1.807) is 6.07 Å². The van der Waals surface area contributed by atoms with Crippen molar-refractivity contribution >= 4 is 8.80 Å². The quantitative estimate of drug-likeness (QED) is 0.557. The molecule has 108 valence electrons. The van der Waals surface area contributed by atoms with Crippen molar-refractivity contribution in [3.8, 4) is 0 Å². The third-order valence-corrected chi connectivity index (χ3v) is 3.76. The van der Waals surface area contributed by atoms with Crippen molar-refractivity contribution < 1.29 is 27.6 Å². The third-order valence-electron chi connectivity index (χ3n) is 2.73. The van der Waals surface area contributed by atoms with Gasteiger partial charge in [-0.3, -0.25) is 0 Å². The Labute approximate surface area is 110 Å². The van der Waals surface area contributed by atoms with Crippen LogP contribution in [0.4, 0.5) is 13.2 Å². The van der Waals surface area contributed by atoms with Gasteiger partial charge in [-0.2, -0.15) is 13.2 Å². The molecule has 0 atom stereocenters. The first-order valence-corrected chi connectivity index (χ1v) is 8.06. The molecule has 0 radical (unpaired) electrons. The summed E-state index contributed by atoms with van der Waals surface area (Å²) in [5.74, 6) is 0. The van der Waals surface area contributed by atoms with Crippen LogP contribution in [0, 0.1) is 0 Å². The maximum absolute atomic E-state index is 12.5. The average Bonchev–Trinajstić information content (AvgIpc) is 2.26. The second-order valence-corrected chi connectivity index (χ2v) is 6.58. The van der Waals surface area contributed by atoms with Gasteiger partial charge in [0.25, 0.3) is 0 Å². The molecule has 0 aliphatic carbocycles. The fourth-order valence-electron chi connectivity index (χ4n) is 1.77. The van der Waals surface area contributed by atoms with Crippen LogP contribution >= 0.6 is 0 Å². The minimum absolute atomic E-state index is 0.0322. The summed E-state index contributed by atoms with van der Waals surface area (Å²) >= 11 is 0. The molecule has 1 aromatic rings. The van der Waals surface area contributed by atoms with Gasteiger partial charge in [0.2, 0.25) is 0 Å². The van der Waals surface area contributed by atoms with Crippen LogP contribution in [0.15, 0.2) is 24.3 Å². The Morgan fingerprint density at radius 1 is 1.00 bits per heavy atom. The molecule has 0 amide bonds. The molecule has 1 rings (SSSR count). The molecule has 0 bridgehead atoms. The summed E-state index contributed by atoms with van der Waals surface area (Å²) in [5.41, 5.74) is -0.0483. The van der Waals surface area contributed by atoms with Crippen LogP contribution in [-0.4, -0.2) is 23.2 Å². The lowest BCUT2D eigenvalue weighted by Crippen LogP contribution is -2.33. The van der Waals surface area contributed by atoms with E-state index in [0.717, 1.165) is 12.1 Å². The van der Waals surface area contributed by atoms with Crippen LogP contribution in [0.3, 0.4) is 0 Å². The number of hydrogen-bond donors (Lipinski definition) is 3. The molecule has 0 saturated carbocycles. The Bertz CT molecular complexity index is 402. The van der Waals surface area contributed by atoms with Crippen molar-refractivity contribution in [2.45, 2.75) is 37.9 Å². The molecule has 0 unspecified atom stereocenters. The van der Waals surface area contributed by atoms with Gasteiger partial charge >= 0.3 is 15.0 Å². The SMILES string of the molecule is O[Si](O)(O)CCCCCc1cccc(C(F)(F)F)c1. The lowest BCUT2D eigenvalue weighted by molar-refractivity contribution is -0.137. The van der Waals surface area contributed by atoms with E-state index in [1.807, 2.05) is 0 Å². The van der Waals surface area contributed by atoms with Crippen molar-refractivity contribution in [2.24, 2.45) is 0 Å². The molecule has 3 N–H and O–H groups in total. The minimum Gasteiger partial charge on any atom is -0.390 e. The predicted octanol–water partition coefficient (Wildman–Crippen LogP) is 2.33. The maximum atomic E-state index is 12.5. The molecular formula is C12H17F3O3Si. The molecule has 0 spiro atoms. The zero-order valence-electron chi connectivity index (χ0n) is 10.3. The number of benzene rings is 1. The van der Waals surface area contributed by atoms with Gasteiger partial charge in [0.1, 0.15) is 0 Å². The fraction of sp³-hybridized carbons (Fsp3) is 0.500. The molecule has 1 aromatic carbocycles. The first kappa shape index (κ1) is 16.2. The Morgan fingerprint density at radius 3 is 2.26 bits per heavy atom. The number of halogens is 3. The van der Waals surface area contributed by atoms with Gasteiger partial charge in [0, 0.05) is 6.04 Å². The molecule has 0 heterocycles. The molecule has 0 aromatic heterocycles. The lowest BCUT2D eigenvalue weighted by Gasteiger charge is -2.10. The smallest absolute Gasteiger partial charge is 0.390 e. The third kappa shape index (κ3) is 6.72. The molecule has 0 aliphatic rings. The van der Waals surface area contributed by atoms with Crippen LogP contribution in [0.25, 0.3) is 0 Å². The highest BCUT2D eigenvalue weighted by Gasteiger charge is 2.30. The van der Waals surface area contributed by atoms with Crippen molar-refractivity contribution in [3.63, 3.8) is 0 Å². The summed E-state index contributed by atoms with van der Waals surface area (Å²) < 4.78 is 37.4. The Hall–Kier alpha value is -0.893. The molecule has 0 aliphatic heterocycles. The Kier molecular flexibility index (Phi) is 5.54.